The molecule has 118 valence electrons. The van der Waals surface area contributed by atoms with Crippen LogP contribution in [0.25, 0.3) is 0 Å². The van der Waals surface area contributed by atoms with Gasteiger partial charge in [0.25, 0.3) is 0 Å². The standard InChI is InChI=1S/C16H20ClN3O2/c1-2-18-16(20-12-13-6-5-10-21-13)19-9-11-22-15-8-4-3-7-14(15)17/h3-8,10H,2,9,11-12H2,1H3,(H2,18,19,20). The molecule has 0 unspecified atom stereocenters. The lowest BCUT2D eigenvalue weighted by Gasteiger charge is -2.12. The lowest BCUT2D eigenvalue weighted by molar-refractivity contribution is 0.322. The Balaban J connectivity index is 1.77. The summed E-state index contributed by atoms with van der Waals surface area (Å²) in [5, 5.41) is 6.98. The summed E-state index contributed by atoms with van der Waals surface area (Å²) < 4.78 is 10.9. The molecule has 2 N–H and O–H groups in total. The Kier molecular flexibility index (Phi) is 6.64. The third-order valence-corrected chi connectivity index (χ3v) is 3.12. The summed E-state index contributed by atoms with van der Waals surface area (Å²) in [6.07, 6.45) is 1.64. The second-order valence-electron chi connectivity index (χ2n) is 4.48. The van der Waals surface area contributed by atoms with Gasteiger partial charge in [0.2, 0.25) is 0 Å². The van der Waals surface area contributed by atoms with E-state index >= 15 is 0 Å². The molecule has 0 aliphatic heterocycles. The van der Waals surface area contributed by atoms with E-state index in [4.69, 9.17) is 20.8 Å². The first kappa shape index (κ1) is 16.2. The number of halogens is 1. The Bertz CT molecular complexity index is 585. The fourth-order valence-corrected chi connectivity index (χ4v) is 1.98. The van der Waals surface area contributed by atoms with Gasteiger partial charge in [0, 0.05) is 6.54 Å². The average Bonchev–Trinajstić information content (AvgIpc) is 3.04. The predicted octanol–water partition coefficient (Wildman–Crippen LogP) is 3.07. The van der Waals surface area contributed by atoms with Gasteiger partial charge in [-0.25, -0.2) is 4.99 Å². The summed E-state index contributed by atoms with van der Waals surface area (Å²) in [5.41, 5.74) is 0. The van der Waals surface area contributed by atoms with Crippen LogP contribution in [0.1, 0.15) is 12.7 Å². The van der Waals surface area contributed by atoms with E-state index in [2.05, 4.69) is 15.6 Å². The van der Waals surface area contributed by atoms with Crippen LogP contribution in [0.15, 0.2) is 52.1 Å². The van der Waals surface area contributed by atoms with E-state index in [1.165, 1.54) is 0 Å². The molecule has 0 spiro atoms. The van der Waals surface area contributed by atoms with E-state index in [0.717, 1.165) is 18.3 Å². The molecule has 0 atom stereocenters. The molecule has 1 aromatic heterocycles. The Morgan fingerprint density at radius 2 is 2.09 bits per heavy atom. The number of nitrogens with zero attached hydrogens (tertiary/aromatic N) is 1. The summed E-state index contributed by atoms with van der Waals surface area (Å²) in [7, 11) is 0. The topological polar surface area (TPSA) is 58.8 Å². The molecule has 1 aromatic carbocycles. The van der Waals surface area contributed by atoms with E-state index in [1.807, 2.05) is 37.3 Å². The minimum absolute atomic E-state index is 0.494. The average molecular weight is 322 g/mol. The number of benzene rings is 1. The zero-order valence-electron chi connectivity index (χ0n) is 12.5. The lowest BCUT2D eigenvalue weighted by atomic mass is 10.3. The fourth-order valence-electron chi connectivity index (χ4n) is 1.79. The molecule has 0 amide bonds. The predicted molar refractivity (Wildman–Crippen MR) is 88.5 cm³/mol. The zero-order valence-corrected chi connectivity index (χ0v) is 13.3. The number of nitrogens with one attached hydrogen (secondary N) is 2. The van der Waals surface area contributed by atoms with E-state index in [9.17, 15) is 0 Å². The molecule has 0 aliphatic rings. The van der Waals surface area contributed by atoms with Crippen LogP contribution in [-0.4, -0.2) is 25.7 Å². The first-order chi connectivity index (χ1) is 10.8. The maximum Gasteiger partial charge on any atom is 0.191 e. The minimum Gasteiger partial charge on any atom is -0.490 e. The molecule has 0 aliphatic carbocycles. The molecule has 22 heavy (non-hydrogen) atoms. The number of furan rings is 1. The molecule has 1 heterocycles. The second kappa shape index (κ2) is 9.00. The molecular weight excluding hydrogens is 302 g/mol. The van der Waals surface area contributed by atoms with Crippen LogP contribution in [-0.2, 0) is 6.54 Å². The van der Waals surface area contributed by atoms with Crippen LogP contribution in [0.2, 0.25) is 5.02 Å². The highest BCUT2D eigenvalue weighted by Crippen LogP contribution is 2.22. The quantitative estimate of drug-likeness (QED) is 0.467. The Hall–Kier alpha value is -2.14. The monoisotopic (exact) mass is 321 g/mol. The molecular formula is C16H20ClN3O2. The molecule has 5 nitrogen and oxygen atoms in total. The first-order valence-corrected chi connectivity index (χ1v) is 7.59. The number of ether oxygens (including phenoxy) is 1. The molecule has 6 heteroatoms. The van der Waals surface area contributed by atoms with E-state index < -0.39 is 0 Å². The maximum absolute atomic E-state index is 6.03. The summed E-state index contributed by atoms with van der Waals surface area (Å²) in [5.74, 6) is 2.23. The number of aliphatic imine (C=N–C) groups is 1. The van der Waals surface area contributed by atoms with Gasteiger partial charge >= 0.3 is 0 Å². The van der Waals surface area contributed by atoms with Crippen LogP contribution in [0.5, 0.6) is 5.75 Å². The van der Waals surface area contributed by atoms with Gasteiger partial charge in [-0.3, -0.25) is 0 Å². The Morgan fingerprint density at radius 3 is 2.82 bits per heavy atom. The van der Waals surface area contributed by atoms with Crippen LogP contribution >= 0.6 is 11.6 Å². The molecule has 0 radical (unpaired) electrons. The number of hydrogen-bond acceptors (Lipinski definition) is 3. The third-order valence-electron chi connectivity index (χ3n) is 2.81. The van der Waals surface area contributed by atoms with Crippen molar-refractivity contribution in [1.29, 1.82) is 0 Å². The molecule has 2 aromatic rings. The van der Waals surface area contributed by atoms with Gasteiger partial charge in [0.15, 0.2) is 5.96 Å². The third kappa shape index (κ3) is 5.33. The smallest absolute Gasteiger partial charge is 0.191 e. The van der Waals surface area contributed by atoms with Gasteiger partial charge in [-0.2, -0.15) is 0 Å². The number of hydrogen-bond donors (Lipinski definition) is 2. The largest absolute Gasteiger partial charge is 0.490 e. The van der Waals surface area contributed by atoms with Crippen molar-refractivity contribution in [2.75, 3.05) is 19.7 Å². The number of guanidine groups is 1. The fraction of sp³-hybridized carbons (Fsp3) is 0.312. The van der Waals surface area contributed by atoms with Gasteiger partial charge in [0.1, 0.15) is 24.7 Å². The van der Waals surface area contributed by atoms with Gasteiger partial charge in [-0.1, -0.05) is 23.7 Å². The number of para-hydroxylation sites is 1. The summed E-state index contributed by atoms with van der Waals surface area (Å²) >= 11 is 6.03. The second-order valence-corrected chi connectivity index (χ2v) is 4.89. The molecule has 0 bridgehead atoms. The van der Waals surface area contributed by atoms with Crippen molar-refractivity contribution in [3.63, 3.8) is 0 Å². The Labute approximate surface area is 135 Å². The highest BCUT2D eigenvalue weighted by molar-refractivity contribution is 6.32. The van der Waals surface area contributed by atoms with Crippen LogP contribution < -0.4 is 15.4 Å². The molecule has 0 fully saturated rings. The summed E-state index contributed by atoms with van der Waals surface area (Å²) in [6, 6.07) is 11.2. The number of rotatable bonds is 7. The normalized spacial score (nSPS) is 11.3. The van der Waals surface area contributed by atoms with E-state index in [0.29, 0.717) is 30.5 Å². The first-order valence-electron chi connectivity index (χ1n) is 7.21. The molecule has 0 saturated carbocycles. The van der Waals surface area contributed by atoms with Gasteiger partial charge in [-0.15, -0.1) is 0 Å². The highest BCUT2D eigenvalue weighted by atomic mass is 35.5. The van der Waals surface area contributed by atoms with Crippen molar-refractivity contribution in [3.05, 3.63) is 53.4 Å². The van der Waals surface area contributed by atoms with E-state index in [1.54, 1.807) is 12.3 Å². The Morgan fingerprint density at radius 1 is 1.23 bits per heavy atom. The van der Waals surface area contributed by atoms with Crippen molar-refractivity contribution in [2.45, 2.75) is 13.5 Å². The molecule has 2 rings (SSSR count). The van der Waals surface area contributed by atoms with Crippen molar-refractivity contribution in [2.24, 2.45) is 4.99 Å². The SMILES string of the molecule is CCNC(=NCc1ccco1)NCCOc1ccccc1Cl. The van der Waals surface area contributed by atoms with Gasteiger partial charge in [-0.05, 0) is 31.2 Å². The zero-order chi connectivity index (χ0) is 15.6. The molecule has 0 saturated heterocycles. The minimum atomic E-state index is 0.494. The lowest BCUT2D eigenvalue weighted by Crippen LogP contribution is -2.39. The van der Waals surface area contributed by atoms with Gasteiger partial charge < -0.3 is 19.8 Å². The van der Waals surface area contributed by atoms with Crippen molar-refractivity contribution in [1.82, 2.24) is 10.6 Å². The van der Waals surface area contributed by atoms with Crippen molar-refractivity contribution >= 4 is 17.6 Å². The summed E-state index contributed by atoms with van der Waals surface area (Å²) in [4.78, 5) is 4.44. The van der Waals surface area contributed by atoms with Crippen LogP contribution in [0, 0.1) is 0 Å². The van der Waals surface area contributed by atoms with Crippen LogP contribution in [0.3, 0.4) is 0 Å². The van der Waals surface area contributed by atoms with Gasteiger partial charge in [0.05, 0.1) is 17.8 Å². The van der Waals surface area contributed by atoms with E-state index in [-0.39, 0.29) is 0 Å². The highest BCUT2D eigenvalue weighted by Gasteiger charge is 2.01. The van der Waals surface area contributed by atoms with Crippen LogP contribution in [0.4, 0.5) is 0 Å². The summed E-state index contributed by atoms with van der Waals surface area (Å²) in [6.45, 7) is 4.41. The maximum atomic E-state index is 6.03. The van der Waals surface area contributed by atoms with Crippen molar-refractivity contribution < 1.29 is 9.15 Å². The van der Waals surface area contributed by atoms with Crippen molar-refractivity contribution in [3.8, 4) is 5.75 Å².